The van der Waals surface area contributed by atoms with Crippen LogP contribution in [-0.4, -0.2) is 59.3 Å². The number of aliphatic hydroxyl groups excluding tert-OH is 3. The molecule has 2 aromatic rings. The van der Waals surface area contributed by atoms with E-state index < -0.39 is 12.2 Å². The first kappa shape index (κ1) is 22.0. The second-order valence-electron chi connectivity index (χ2n) is 8.34. The van der Waals surface area contributed by atoms with Crippen LogP contribution in [0, 0.1) is 5.92 Å². The lowest BCUT2D eigenvalue weighted by Crippen LogP contribution is -2.25. The minimum Gasteiger partial charge on any atom is -0.394 e. The van der Waals surface area contributed by atoms with Crippen LogP contribution in [0.1, 0.15) is 26.2 Å². The molecule has 7 nitrogen and oxygen atoms in total. The summed E-state index contributed by atoms with van der Waals surface area (Å²) in [5.41, 5.74) is 4.11. The van der Waals surface area contributed by atoms with Crippen LogP contribution in [-0.2, 0) is 9.47 Å². The summed E-state index contributed by atoms with van der Waals surface area (Å²) in [6.45, 7) is 2.01. The van der Waals surface area contributed by atoms with Crippen molar-refractivity contribution in [3.05, 3.63) is 48.5 Å². The average molecular weight is 429 g/mol. The van der Waals surface area contributed by atoms with Crippen molar-refractivity contribution in [1.29, 1.82) is 0 Å². The molecule has 7 heteroatoms. The Bertz CT molecular complexity index is 817. The molecule has 0 saturated carbocycles. The third-order valence-corrected chi connectivity index (χ3v) is 6.25. The normalized spacial score (nSPS) is 30.5. The van der Waals surface area contributed by atoms with Crippen LogP contribution in [0.15, 0.2) is 48.5 Å². The summed E-state index contributed by atoms with van der Waals surface area (Å²) in [5.74, 6) is 0.390. The molecule has 2 aromatic carbocycles. The smallest absolute Gasteiger partial charge is 0.130 e. The standard InChI is InChI=1S/C24H32N2O5/c1-2-15-11-23(30-21(15)13-27)25-18-7-3-16(4-8-18)17-5-9-19(10-6-17)26-24-12-20(29)22(14-28)31-24/h3-10,15,20-29H,2,11-14H2,1H3. The second kappa shape index (κ2) is 9.97. The van der Waals surface area contributed by atoms with E-state index in [4.69, 9.17) is 9.47 Å². The zero-order valence-electron chi connectivity index (χ0n) is 17.8. The lowest BCUT2D eigenvalue weighted by molar-refractivity contribution is -0.0149. The molecular formula is C24H32N2O5. The zero-order valence-corrected chi connectivity index (χ0v) is 17.8. The van der Waals surface area contributed by atoms with E-state index in [1.807, 2.05) is 36.4 Å². The molecule has 2 aliphatic heterocycles. The molecule has 31 heavy (non-hydrogen) atoms. The van der Waals surface area contributed by atoms with Gasteiger partial charge in [0.15, 0.2) is 0 Å². The highest BCUT2D eigenvalue weighted by molar-refractivity contribution is 5.68. The largest absolute Gasteiger partial charge is 0.394 e. The SMILES string of the molecule is CCC1CC(Nc2ccc(-c3ccc(NC4CC(O)C(CO)O4)cc3)cc2)OC1CO. The maximum Gasteiger partial charge on any atom is 0.130 e. The third kappa shape index (κ3) is 5.19. The molecular weight excluding hydrogens is 396 g/mol. The zero-order chi connectivity index (χ0) is 21.8. The highest BCUT2D eigenvalue weighted by Gasteiger charge is 2.34. The Kier molecular flexibility index (Phi) is 7.09. The summed E-state index contributed by atoms with van der Waals surface area (Å²) in [6, 6.07) is 16.3. The van der Waals surface area contributed by atoms with E-state index in [2.05, 4.69) is 29.7 Å². The van der Waals surface area contributed by atoms with Gasteiger partial charge in [0.25, 0.3) is 0 Å². The van der Waals surface area contributed by atoms with Crippen molar-refractivity contribution in [2.45, 2.75) is 57.0 Å². The highest BCUT2D eigenvalue weighted by atomic mass is 16.5. The van der Waals surface area contributed by atoms with Crippen molar-refractivity contribution in [1.82, 2.24) is 0 Å². The average Bonchev–Trinajstić information content (AvgIpc) is 3.36. The Morgan fingerprint density at radius 2 is 1.26 bits per heavy atom. The number of rotatable bonds is 8. The molecule has 0 bridgehead atoms. The molecule has 6 unspecified atom stereocenters. The first-order valence-corrected chi connectivity index (χ1v) is 11.0. The summed E-state index contributed by atoms with van der Waals surface area (Å²) in [5, 5.41) is 35.2. The van der Waals surface area contributed by atoms with Gasteiger partial charge in [-0.05, 0) is 47.7 Å². The number of hydrogen-bond donors (Lipinski definition) is 5. The van der Waals surface area contributed by atoms with E-state index in [0.29, 0.717) is 12.3 Å². The number of aliphatic hydroxyl groups is 3. The molecule has 0 amide bonds. The van der Waals surface area contributed by atoms with E-state index >= 15 is 0 Å². The Hall–Kier alpha value is -2.16. The fraction of sp³-hybridized carbons (Fsp3) is 0.500. The highest BCUT2D eigenvalue weighted by Crippen LogP contribution is 2.31. The van der Waals surface area contributed by atoms with E-state index in [9.17, 15) is 15.3 Å². The van der Waals surface area contributed by atoms with Crippen LogP contribution in [0.2, 0.25) is 0 Å². The molecule has 0 spiro atoms. The molecule has 2 aliphatic rings. The molecule has 168 valence electrons. The van der Waals surface area contributed by atoms with Crippen molar-refractivity contribution < 1.29 is 24.8 Å². The van der Waals surface area contributed by atoms with Crippen LogP contribution in [0.5, 0.6) is 0 Å². The van der Waals surface area contributed by atoms with Gasteiger partial charge in [-0.1, -0.05) is 37.6 Å². The molecule has 2 heterocycles. The third-order valence-electron chi connectivity index (χ3n) is 6.25. The Morgan fingerprint density at radius 1 is 0.774 bits per heavy atom. The van der Waals surface area contributed by atoms with E-state index in [1.54, 1.807) is 0 Å². The molecule has 2 fully saturated rings. The molecule has 5 N–H and O–H groups in total. The van der Waals surface area contributed by atoms with Gasteiger partial charge in [0.2, 0.25) is 0 Å². The topological polar surface area (TPSA) is 103 Å². The monoisotopic (exact) mass is 428 g/mol. The summed E-state index contributed by atoms with van der Waals surface area (Å²) in [7, 11) is 0. The minimum absolute atomic E-state index is 0.0654. The second-order valence-corrected chi connectivity index (χ2v) is 8.34. The van der Waals surface area contributed by atoms with Gasteiger partial charge in [-0.15, -0.1) is 0 Å². The Labute approximate surface area is 183 Å². The van der Waals surface area contributed by atoms with Gasteiger partial charge < -0.3 is 35.4 Å². The van der Waals surface area contributed by atoms with Crippen molar-refractivity contribution in [3.63, 3.8) is 0 Å². The predicted octanol–water partition coefficient (Wildman–Crippen LogP) is 2.78. The molecule has 4 rings (SSSR count). The van der Waals surface area contributed by atoms with Crippen LogP contribution < -0.4 is 10.6 Å². The Balaban J connectivity index is 1.33. The number of nitrogens with one attached hydrogen (secondary N) is 2. The molecule has 0 radical (unpaired) electrons. The van der Waals surface area contributed by atoms with Crippen molar-refractivity contribution in [3.8, 4) is 11.1 Å². The maximum absolute atomic E-state index is 9.84. The van der Waals surface area contributed by atoms with Crippen LogP contribution in [0.25, 0.3) is 11.1 Å². The van der Waals surface area contributed by atoms with Crippen molar-refractivity contribution >= 4 is 11.4 Å². The van der Waals surface area contributed by atoms with Crippen LogP contribution >= 0.6 is 0 Å². The summed E-state index contributed by atoms with van der Waals surface area (Å²) < 4.78 is 11.5. The van der Waals surface area contributed by atoms with Crippen LogP contribution in [0.3, 0.4) is 0 Å². The molecule has 6 atom stereocenters. The van der Waals surface area contributed by atoms with Crippen LogP contribution in [0.4, 0.5) is 11.4 Å². The van der Waals surface area contributed by atoms with Gasteiger partial charge in [0, 0.05) is 17.8 Å². The van der Waals surface area contributed by atoms with Gasteiger partial charge in [-0.3, -0.25) is 0 Å². The fourth-order valence-corrected chi connectivity index (χ4v) is 4.39. The summed E-state index contributed by atoms with van der Waals surface area (Å²) in [4.78, 5) is 0. The first-order chi connectivity index (χ1) is 15.1. The Morgan fingerprint density at radius 3 is 1.68 bits per heavy atom. The molecule has 0 aliphatic carbocycles. The lowest BCUT2D eigenvalue weighted by Gasteiger charge is -2.16. The van der Waals surface area contributed by atoms with Gasteiger partial charge in [-0.2, -0.15) is 0 Å². The predicted molar refractivity (Wildman–Crippen MR) is 120 cm³/mol. The van der Waals surface area contributed by atoms with Gasteiger partial charge in [0.1, 0.15) is 18.6 Å². The summed E-state index contributed by atoms with van der Waals surface area (Å²) >= 11 is 0. The number of benzene rings is 2. The van der Waals surface area contributed by atoms with E-state index in [-0.39, 0.29) is 31.8 Å². The van der Waals surface area contributed by atoms with Gasteiger partial charge in [0.05, 0.1) is 25.4 Å². The van der Waals surface area contributed by atoms with E-state index in [0.717, 1.165) is 35.3 Å². The van der Waals surface area contributed by atoms with Crippen molar-refractivity contribution in [2.75, 3.05) is 23.8 Å². The number of ether oxygens (including phenoxy) is 2. The van der Waals surface area contributed by atoms with Gasteiger partial charge >= 0.3 is 0 Å². The quantitative estimate of drug-likeness (QED) is 0.441. The number of hydrogen-bond acceptors (Lipinski definition) is 7. The van der Waals surface area contributed by atoms with Gasteiger partial charge in [-0.25, -0.2) is 0 Å². The fourth-order valence-electron chi connectivity index (χ4n) is 4.39. The molecule has 2 saturated heterocycles. The van der Waals surface area contributed by atoms with Crippen molar-refractivity contribution in [2.24, 2.45) is 5.92 Å². The summed E-state index contributed by atoms with van der Waals surface area (Å²) in [6.07, 6.45) is 0.720. The number of anilines is 2. The minimum atomic E-state index is -0.647. The molecule has 0 aromatic heterocycles. The van der Waals surface area contributed by atoms with E-state index in [1.165, 1.54) is 0 Å². The maximum atomic E-state index is 9.84. The lowest BCUT2D eigenvalue weighted by atomic mass is 9.98. The first-order valence-electron chi connectivity index (χ1n) is 11.0.